The molecule has 12 aliphatic rings. The topological polar surface area (TPSA) is 125 Å². The van der Waals surface area contributed by atoms with Crippen LogP contribution >= 0.6 is 0 Å². The second-order valence-corrected chi connectivity index (χ2v) is 41.7. The van der Waals surface area contributed by atoms with Gasteiger partial charge in [-0.3, -0.25) is 49.0 Å². The molecule has 7 unspecified atom stereocenters. The number of morpholine rings is 9. The molecule has 0 saturated carbocycles. The molecule has 12 aliphatic heterocycles. The first kappa shape index (κ1) is 117. The van der Waals surface area contributed by atoms with Gasteiger partial charge in [-0.05, 0) is 247 Å². The van der Waals surface area contributed by atoms with Gasteiger partial charge in [0.2, 0.25) is 0 Å². The first-order chi connectivity index (χ1) is 57.1. The summed E-state index contributed by atoms with van der Waals surface area (Å²) in [5.74, 6) is 0. The quantitative estimate of drug-likeness (QED) is 0.182. The maximum absolute atomic E-state index is 13.0. The minimum atomic E-state index is -4.34. The lowest BCUT2D eigenvalue weighted by Gasteiger charge is -2.50. The third-order valence-electron chi connectivity index (χ3n) is 24.3. The van der Waals surface area contributed by atoms with Gasteiger partial charge in [0.05, 0.1) is 86.5 Å². The largest absolute Gasteiger partial charge is 0.418 e. The van der Waals surface area contributed by atoms with Crippen molar-refractivity contribution in [3.8, 4) is 0 Å². The molecule has 0 N–H and O–H groups in total. The van der Waals surface area contributed by atoms with Gasteiger partial charge in [-0.25, -0.2) is 8.78 Å². The van der Waals surface area contributed by atoms with Crippen molar-refractivity contribution < 1.29 is 109 Å². The van der Waals surface area contributed by atoms with Crippen LogP contribution < -0.4 is 0 Å². The van der Waals surface area contributed by atoms with Crippen LogP contribution in [0.25, 0.3) is 0 Å². The number of fused-ring (bicyclic) bond motifs is 4. The molecule has 125 heavy (non-hydrogen) atoms. The van der Waals surface area contributed by atoms with Crippen molar-refractivity contribution in [1.29, 1.82) is 0 Å². The van der Waals surface area contributed by atoms with Gasteiger partial charge in [-0.15, -0.1) is 0 Å². The Kier molecular flexibility index (Phi) is 48.6. The fourth-order valence-electron chi connectivity index (χ4n) is 17.5. The van der Waals surface area contributed by atoms with Gasteiger partial charge in [0.1, 0.15) is 6.10 Å². The molecule has 12 fully saturated rings. The van der Waals surface area contributed by atoms with Crippen LogP contribution in [-0.4, -0.2) is 394 Å². The molecule has 4 bridgehead atoms. The smallest absolute Gasteiger partial charge is 0.380 e. The number of nitrogens with zero attached hydrogens (tertiary/aromatic N) is 10. The maximum Gasteiger partial charge on any atom is 0.418 e. The third-order valence-corrected chi connectivity index (χ3v) is 24.3. The Morgan fingerprint density at radius 2 is 0.664 bits per heavy atom. The second kappa shape index (κ2) is 51.8. The van der Waals surface area contributed by atoms with E-state index in [1.165, 1.54) is 38.6 Å². The highest BCUT2D eigenvalue weighted by Crippen LogP contribution is 2.42. The highest BCUT2D eigenvalue weighted by atomic mass is 19.4. The van der Waals surface area contributed by atoms with Crippen LogP contribution in [0.2, 0.25) is 0 Å². The molecule has 0 aromatic carbocycles. The summed E-state index contributed by atoms with van der Waals surface area (Å²) in [5, 5.41) is 0. The monoisotopic (exact) mass is 1830 g/mol. The van der Waals surface area contributed by atoms with Gasteiger partial charge in [0.25, 0.3) is 6.43 Å². The molecule has 9 atom stereocenters. The summed E-state index contributed by atoms with van der Waals surface area (Å²) in [4.78, 5) is 21.8. The second-order valence-electron chi connectivity index (χ2n) is 41.7. The van der Waals surface area contributed by atoms with Crippen molar-refractivity contribution >= 4 is 0 Å². The highest BCUT2D eigenvalue weighted by Gasteiger charge is 2.59. The van der Waals surface area contributed by atoms with Crippen LogP contribution in [0.5, 0.6) is 0 Å². The van der Waals surface area contributed by atoms with Crippen LogP contribution in [0, 0.1) is 0 Å². The lowest BCUT2D eigenvalue weighted by Crippen LogP contribution is -2.65. The summed E-state index contributed by atoms with van der Waals surface area (Å²) in [6, 6.07) is 5.63. The lowest BCUT2D eigenvalue weighted by atomic mass is 9.95. The van der Waals surface area contributed by atoms with Gasteiger partial charge in [0, 0.05) is 197 Å². The average molecular weight is 1830 g/mol. The molecule has 0 aliphatic carbocycles. The summed E-state index contributed by atoms with van der Waals surface area (Å²) < 4.78 is 227. The van der Waals surface area contributed by atoms with Crippen LogP contribution in [0.3, 0.4) is 0 Å². The van der Waals surface area contributed by atoms with E-state index in [4.69, 9.17) is 37.9 Å². The van der Waals surface area contributed by atoms with E-state index < -0.39 is 72.3 Å². The predicted molar refractivity (Wildman–Crippen MR) is 470 cm³/mol. The number of rotatable bonds is 11. The van der Waals surface area contributed by atoms with Crippen molar-refractivity contribution in [2.45, 2.75) is 421 Å². The van der Waals surface area contributed by atoms with Crippen LogP contribution in [0.4, 0.5) is 61.5 Å². The first-order valence-electron chi connectivity index (χ1n) is 46.5. The fraction of sp³-hybridized carbons (Fsp3) is 1.00. The molecule has 12 heterocycles. The fourth-order valence-corrected chi connectivity index (χ4v) is 17.5. The Morgan fingerprint density at radius 3 is 1.03 bits per heavy atom. The molecule has 20 nitrogen and oxygen atoms in total. The van der Waals surface area contributed by atoms with Crippen molar-refractivity contribution in [2.75, 3.05) is 171 Å². The molecule has 12 saturated heterocycles. The Morgan fingerprint density at radius 1 is 0.304 bits per heavy atom. The van der Waals surface area contributed by atoms with Crippen molar-refractivity contribution in [3.63, 3.8) is 0 Å². The maximum atomic E-state index is 13.0. The van der Waals surface area contributed by atoms with Crippen molar-refractivity contribution in [2.24, 2.45) is 0 Å². The van der Waals surface area contributed by atoms with Gasteiger partial charge < -0.3 is 47.4 Å². The Hall–Kier alpha value is -1.78. The molecule has 0 radical (unpaired) electrons. The molecule has 12 rings (SSSR count). The van der Waals surface area contributed by atoms with E-state index in [1.807, 2.05) is 83.9 Å². The van der Waals surface area contributed by atoms with Gasteiger partial charge in [-0.1, -0.05) is 0 Å². The average Bonchev–Trinajstić information content (AvgIpc) is 1.53. The number of ether oxygens (including phenoxy) is 10. The summed E-state index contributed by atoms with van der Waals surface area (Å²) >= 11 is 0. The van der Waals surface area contributed by atoms with E-state index in [1.54, 1.807) is 37.5 Å². The third kappa shape index (κ3) is 43.2. The highest BCUT2D eigenvalue weighted by molar-refractivity contribution is 4.99. The zero-order valence-corrected chi connectivity index (χ0v) is 82.7. The molecular formula is C91H174F14N10O10. The van der Waals surface area contributed by atoms with Crippen molar-refractivity contribution in [3.05, 3.63) is 0 Å². The van der Waals surface area contributed by atoms with Gasteiger partial charge in [-0.2, -0.15) is 52.7 Å². The SMILES string of the molecule is CC(C)N1C2CCC1COC2.CC(C)N1CC(C(F)(F)F)OC(C)(C)C1.CC(C)N1CC(C)(C)OC(C)(C(F)(F)F)C1.CC(C)N1CC(C)(C)OC(C)(C)C1.CC(C)N1CC2CCC(C1)O2.CC(C)N1CCCOCC1.CC(C)N1CCOC(C(F)F)C1.CC(C)N1CCOC(C)(C)C1.CC(C)N1CCO[C@@H](C(F)(F)F)C1.CC(C)N1CCO[C@H](C(F)(F)F)C1. The Bertz CT molecular complexity index is 2810. The molecular weight excluding hydrogens is 1660 g/mol. The summed E-state index contributed by atoms with van der Waals surface area (Å²) in [6.07, 6.45) is -17.6. The number of halogens is 14. The van der Waals surface area contributed by atoms with Crippen LogP contribution in [0.15, 0.2) is 0 Å². The zero-order valence-electron chi connectivity index (χ0n) is 82.7. The van der Waals surface area contributed by atoms with Crippen molar-refractivity contribution in [1.82, 2.24) is 49.0 Å². The van der Waals surface area contributed by atoms with E-state index in [9.17, 15) is 61.5 Å². The van der Waals surface area contributed by atoms with E-state index in [0.717, 1.165) is 104 Å². The minimum absolute atomic E-state index is 0.00792. The number of hydrogen-bond donors (Lipinski definition) is 0. The lowest BCUT2D eigenvalue weighted by molar-refractivity contribution is -0.324. The molecule has 0 aromatic heterocycles. The minimum Gasteiger partial charge on any atom is -0.380 e. The molecule has 0 spiro atoms. The van der Waals surface area contributed by atoms with Crippen LogP contribution in [0.1, 0.15) is 247 Å². The number of alkyl halides is 14. The Labute approximate surface area is 746 Å². The Balaban J connectivity index is 0.000000359. The summed E-state index contributed by atoms with van der Waals surface area (Å²) in [7, 11) is 0. The standard InChI is InChI=1S/C11H20F3NO.C11H23NO.C10H18F3NO.2C9H17NO.C9H19NO.2C8H14F3NO.C8H15F2NO.C8H17NO/c1-8(2)15-6-9(3,4)16-10(5,7-15)11(12,13)14;1-9(2)12-7-10(3,4)13-11(5,6)8-12;1-7(2)14-5-8(10(11,12)13)15-9(3,4)6-14;1-7(2)10-8-3-4-9(10)6-11-5-8;1-7(2)10-5-8-3-4-9(6-10)11-8;1-8(2)10-5-6-11-9(3,4)7-10;2*1-6(2)12-3-4-13-7(5-12)8(9,10)11;1-6(2)11-3-4-12-7(5-11)8(9)10;1-8(2)9-4-3-6-10-7-5-9/h8H,6-7H2,1-5H3;9H,7-8H2,1-6H3;7-8H,5-6H2,1-4H3;2*7-9H,3-6H2,1-2H3;8H,5-7H2,1-4H3;2*6-7H,3-5H2,1-2H3;6-8H,3-5H2,1-2H3;8H,3-7H2,1-2H3/t;;;;;;2*7-;;/m......10../s1. The molecule has 34 heteroatoms. The normalized spacial score (nSPS) is 29.5. The van der Waals surface area contributed by atoms with E-state index >= 15 is 0 Å². The van der Waals surface area contributed by atoms with E-state index in [-0.39, 0.29) is 80.4 Å². The predicted octanol–water partition coefficient (Wildman–Crippen LogP) is 17.4. The molecule has 0 aromatic rings. The van der Waals surface area contributed by atoms with E-state index in [2.05, 4.69) is 145 Å². The van der Waals surface area contributed by atoms with Crippen LogP contribution in [-0.2, 0) is 47.4 Å². The van der Waals surface area contributed by atoms with Gasteiger partial charge in [0.15, 0.2) is 23.9 Å². The number of likely N-dealkylation sites (tertiary alicyclic amines) is 1. The van der Waals surface area contributed by atoms with E-state index in [0.29, 0.717) is 87.8 Å². The molecule has 746 valence electrons. The molecule has 0 amide bonds. The zero-order chi connectivity index (χ0) is 95.7. The van der Waals surface area contributed by atoms with Gasteiger partial charge >= 0.3 is 24.7 Å². The first-order valence-corrected chi connectivity index (χ1v) is 46.5. The summed E-state index contributed by atoms with van der Waals surface area (Å²) in [5.41, 5.74) is -3.53. The number of hydrogen-bond acceptors (Lipinski definition) is 20. The summed E-state index contributed by atoms with van der Waals surface area (Å²) in [6.45, 7) is 80.0.